The van der Waals surface area contributed by atoms with Gasteiger partial charge in [0.25, 0.3) is 0 Å². The number of nitrogens with one attached hydrogen (secondary N) is 1. The highest BCUT2D eigenvalue weighted by atomic mass is 16.5. The second kappa shape index (κ2) is 6.58. The molecular weight excluding hydrogens is 264 g/mol. The van der Waals surface area contributed by atoms with Gasteiger partial charge in [-0.1, -0.05) is 0 Å². The fourth-order valence-corrected chi connectivity index (χ4v) is 3.08. The first-order chi connectivity index (χ1) is 9.97. The van der Waals surface area contributed by atoms with E-state index in [1.807, 2.05) is 33.8 Å². The van der Waals surface area contributed by atoms with Crippen LogP contribution < -0.4 is 10.1 Å². The molecule has 1 unspecified atom stereocenters. The van der Waals surface area contributed by atoms with Crippen molar-refractivity contribution in [2.75, 3.05) is 33.3 Å². The van der Waals surface area contributed by atoms with Crippen molar-refractivity contribution in [2.45, 2.75) is 33.7 Å². The Kier molecular flexibility index (Phi) is 5.01. The Balaban J connectivity index is 2.32. The van der Waals surface area contributed by atoms with E-state index in [-0.39, 0.29) is 11.8 Å². The number of nitrogens with zero attached hydrogens (tertiary/aromatic N) is 1. The third-order valence-corrected chi connectivity index (χ3v) is 4.59. The summed E-state index contributed by atoms with van der Waals surface area (Å²) in [5.41, 5.74) is 3.96. The van der Waals surface area contributed by atoms with E-state index in [1.165, 1.54) is 0 Å². The van der Waals surface area contributed by atoms with Crippen molar-refractivity contribution in [1.29, 1.82) is 0 Å². The van der Waals surface area contributed by atoms with Crippen molar-refractivity contribution in [1.82, 2.24) is 10.2 Å². The van der Waals surface area contributed by atoms with Crippen molar-refractivity contribution in [3.63, 3.8) is 0 Å². The van der Waals surface area contributed by atoms with Gasteiger partial charge in [0.15, 0.2) is 5.78 Å². The molecule has 0 aromatic heterocycles. The standard InChI is InChI=1S/C17H26N2O2/c1-11-10-15(21-5)12(2)13(3)16(11)17(20)14(4)19-8-6-18-7-9-19/h10,14,18H,6-9H2,1-5H3. The minimum absolute atomic E-state index is 0.0719. The first kappa shape index (κ1) is 16.0. The molecule has 4 nitrogen and oxygen atoms in total. The molecular formula is C17H26N2O2. The Labute approximate surface area is 127 Å². The molecule has 2 rings (SSSR count). The van der Waals surface area contributed by atoms with Gasteiger partial charge in [-0.2, -0.15) is 0 Å². The van der Waals surface area contributed by atoms with Gasteiger partial charge in [0.2, 0.25) is 0 Å². The highest BCUT2D eigenvalue weighted by molar-refractivity contribution is 6.02. The zero-order valence-corrected chi connectivity index (χ0v) is 13.7. The normalized spacial score (nSPS) is 17.6. The van der Waals surface area contributed by atoms with Gasteiger partial charge in [-0.3, -0.25) is 9.69 Å². The lowest BCUT2D eigenvalue weighted by atomic mass is 9.91. The number of carbonyl (C=O) groups is 1. The quantitative estimate of drug-likeness (QED) is 0.862. The second-order valence-corrected chi connectivity index (χ2v) is 5.85. The van der Waals surface area contributed by atoms with E-state index in [9.17, 15) is 4.79 Å². The van der Waals surface area contributed by atoms with Crippen LogP contribution in [-0.2, 0) is 0 Å². The SMILES string of the molecule is COc1cc(C)c(C(=O)C(C)N2CCNCC2)c(C)c1C. The summed E-state index contributed by atoms with van der Waals surface area (Å²) < 4.78 is 5.39. The molecule has 1 aliphatic heterocycles. The third-order valence-electron chi connectivity index (χ3n) is 4.59. The van der Waals surface area contributed by atoms with E-state index >= 15 is 0 Å². The average Bonchev–Trinajstić information content (AvgIpc) is 2.50. The Bertz CT molecular complexity index is 534. The number of benzene rings is 1. The number of ketones is 1. The Morgan fingerprint density at radius 3 is 2.43 bits per heavy atom. The molecule has 1 heterocycles. The fraction of sp³-hybridized carbons (Fsp3) is 0.588. The van der Waals surface area contributed by atoms with Gasteiger partial charge in [-0.15, -0.1) is 0 Å². The molecule has 1 fully saturated rings. The largest absolute Gasteiger partial charge is 0.496 e. The lowest BCUT2D eigenvalue weighted by molar-refractivity contribution is 0.0818. The average molecular weight is 290 g/mol. The summed E-state index contributed by atoms with van der Waals surface area (Å²) in [4.78, 5) is 15.2. The van der Waals surface area contributed by atoms with Crippen molar-refractivity contribution in [3.8, 4) is 5.75 Å². The van der Waals surface area contributed by atoms with Crippen LogP contribution in [0.15, 0.2) is 6.07 Å². The molecule has 0 saturated carbocycles. The van der Waals surface area contributed by atoms with Gasteiger partial charge < -0.3 is 10.1 Å². The van der Waals surface area contributed by atoms with Gasteiger partial charge in [0.05, 0.1) is 13.2 Å². The van der Waals surface area contributed by atoms with E-state index in [4.69, 9.17) is 4.74 Å². The first-order valence-electron chi connectivity index (χ1n) is 7.61. The summed E-state index contributed by atoms with van der Waals surface area (Å²) in [6, 6.07) is 1.90. The summed E-state index contributed by atoms with van der Waals surface area (Å²) in [6.45, 7) is 11.8. The number of Topliss-reactive ketones (excluding diaryl/α,β-unsaturated/α-hetero) is 1. The van der Waals surface area contributed by atoms with Crippen LogP contribution in [0.5, 0.6) is 5.75 Å². The van der Waals surface area contributed by atoms with Crippen LogP contribution in [0.2, 0.25) is 0 Å². The molecule has 1 aliphatic rings. The first-order valence-corrected chi connectivity index (χ1v) is 7.61. The molecule has 0 spiro atoms. The molecule has 0 amide bonds. The van der Waals surface area contributed by atoms with Crippen LogP contribution >= 0.6 is 0 Å². The summed E-state index contributed by atoms with van der Waals surface area (Å²) >= 11 is 0. The summed E-state index contributed by atoms with van der Waals surface area (Å²) in [5.74, 6) is 1.08. The van der Waals surface area contributed by atoms with Gasteiger partial charge in [-0.05, 0) is 50.5 Å². The van der Waals surface area contributed by atoms with E-state index in [0.29, 0.717) is 0 Å². The monoisotopic (exact) mass is 290 g/mol. The molecule has 21 heavy (non-hydrogen) atoms. The van der Waals surface area contributed by atoms with Crippen molar-refractivity contribution < 1.29 is 9.53 Å². The van der Waals surface area contributed by atoms with E-state index in [1.54, 1.807) is 7.11 Å². The second-order valence-electron chi connectivity index (χ2n) is 5.85. The fourth-order valence-electron chi connectivity index (χ4n) is 3.08. The number of piperazine rings is 1. The lowest BCUT2D eigenvalue weighted by Crippen LogP contribution is -2.50. The van der Waals surface area contributed by atoms with Gasteiger partial charge in [0, 0.05) is 31.7 Å². The molecule has 116 valence electrons. The molecule has 1 N–H and O–H groups in total. The van der Waals surface area contributed by atoms with Gasteiger partial charge in [0.1, 0.15) is 5.75 Å². The predicted octanol–water partition coefficient (Wildman–Crippen LogP) is 2.10. The van der Waals surface area contributed by atoms with E-state index < -0.39 is 0 Å². The maximum atomic E-state index is 12.9. The number of ether oxygens (including phenoxy) is 1. The molecule has 0 aliphatic carbocycles. The Hall–Kier alpha value is -1.39. The van der Waals surface area contributed by atoms with Crippen molar-refractivity contribution >= 4 is 5.78 Å². The molecule has 0 bridgehead atoms. The lowest BCUT2D eigenvalue weighted by Gasteiger charge is -2.32. The molecule has 0 radical (unpaired) electrons. The topological polar surface area (TPSA) is 41.6 Å². The number of carbonyl (C=O) groups excluding carboxylic acids is 1. The number of methoxy groups -OCH3 is 1. The zero-order chi connectivity index (χ0) is 15.6. The molecule has 1 atom stereocenters. The molecule has 1 aromatic rings. The van der Waals surface area contributed by atoms with Crippen LogP contribution in [0.1, 0.15) is 34.0 Å². The van der Waals surface area contributed by atoms with Crippen LogP contribution in [0.3, 0.4) is 0 Å². The van der Waals surface area contributed by atoms with Crippen LogP contribution in [0, 0.1) is 20.8 Å². The minimum atomic E-state index is -0.0719. The van der Waals surface area contributed by atoms with Crippen molar-refractivity contribution in [2.24, 2.45) is 0 Å². The minimum Gasteiger partial charge on any atom is -0.496 e. The van der Waals surface area contributed by atoms with E-state index in [0.717, 1.165) is 54.2 Å². The zero-order valence-electron chi connectivity index (χ0n) is 13.7. The molecule has 4 heteroatoms. The number of rotatable bonds is 4. The third kappa shape index (κ3) is 3.11. The molecule has 1 saturated heterocycles. The highest BCUT2D eigenvalue weighted by Gasteiger charge is 2.27. The smallest absolute Gasteiger partial charge is 0.180 e. The summed E-state index contributed by atoms with van der Waals surface area (Å²) in [6.07, 6.45) is 0. The van der Waals surface area contributed by atoms with Crippen molar-refractivity contribution in [3.05, 3.63) is 28.3 Å². The number of aryl methyl sites for hydroxylation is 1. The maximum Gasteiger partial charge on any atom is 0.180 e. The predicted molar refractivity (Wildman–Crippen MR) is 85.4 cm³/mol. The summed E-state index contributed by atoms with van der Waals surface area (Å²) in [7, 11) is 1.67. The van der Waals surface area contributed by atoms with Crippen LogP contribution in [-0.4, -0.2) is 50.0 Å². The number of hydrogen-bond acceptors (Lipinski definition) is 4. The molecule has 1 aromatic carbocycles. The highest BCUT2D eigenvalue weighted by Crippen LogP contribution is 2.28. The Morgan fingerprint density at radius 2 is 1.86 bits per heavy atom. The number of hydrogen-bond donors (Lipinski definition) is 1. The Morgan fingerprint density at radius 1 is 1.24 bits per heavy atom. The van der Waals surface area contributed by atoms with Gasteiger partial charge >= 0.3 is 0 Å². The van der Waals surface area contributed by atoms with Crippen LogP contribution in [0.25, 0.3) is 0 Å². The summed E-state index contributed by atoms with van der Waals surface area (Å²) in [5, 5.41) is 3.33. The van der Waals surface area contributed by atoms with Crippen LogP contribution in [0.4, 0.5) is 0 Å². The van der Waals surface area contributed by atoms with E-state index in [2.05, 4.69) is 10.2 Å². The van der Waals surface area contributed by atoms with Gasteiger partial charge in [-0.25, -0.2) is 0 Å². The maximum absolute atomic E-state index is 12.9.